The summed E-state index contributed by atoms with van der Waals surface area (Å²) in [6, 6.07) is 199. The minimum Gasteiger partial charge on any atom is -0.310 e. The molecule has 0 bridgehead atoms. The zero-order valence-corrected chi connectivity index (χ0v) is 75.6. The zero-order chi connectivity index (χ0) is 87.3. The van der Waals surface area contributed by atoms with Crippen molar-refractivity contribution in [2.45, 2.75) is 0 Å². The summed E-state index contributed by atoms with van der Waals surface area (Å²) >= 11 is 0. The third kappa shape index (κ3) is 14.5. The third-order valence-electron chi connectivity index (χ3n) is 26.6. The molecule has 130 heavy (non-hydrogen) atoms. The van der Waals surface area contributed by atoms with Crippen molar-refractivity contribution >= 4 is 171 Å². The van der Waals surface area contributed by atoms with Crippen molar-refractivity contribution in [3.63, 3.8) is 0 Å². The smallest absolute Gasteiger partial charge is 0.179 e. The maximum atomic E-state index is 15.8. The van der Waals surface area contributed by atoms with Crippen LogP contribution >= 0.6 is 0 Å². The lowest BCUT2D eigenvalue weighted by molar-refractivity contribution is 0.627. The van der Waals surface area contributed by atoms with E-state index in [0.717, 1.165) is 77.9 Å². The van der Waals surface area contributed by atoms with Crippen LogP contribution in [-0.4, -0.2) is 32.3 Å². The molecular formula is C122H90F2N2Si4. The third-order valence-corrected chi connectivity index (χ3v) is 45.8. The predicted molar refractivity (Wildman–Crippen MR) is 556 cm³/mol. The van der Waals surface area contributed by atoms with Gasteiger partial charge in [0.15, 0.2) is 32.3 Å². The molecule has 0 atom stereocenters. The standard InChI is InChI=1S/C122H90F2N2Si4/c123-93-65-61-91(62-66-93)121-117-87-77-99(125(95-69-79-113(80-70-95)127(101-37-13-1-14-38-101,102-39-15-2-16-40-102)103-41-17-3-18-42-103)96-71-81-114(82-72-96)128(104-43-19-4-20-44-104,105-45-21-5-22-46-105)106-47-23-6-24-48-106)89-119(117)120-90-100(78-88-118(120)122(121)92-63-67-94(124)68-64-92)126(97-73-83-115(84-74-97)129(107-49-25-7-26-50-107,108-51-27-8-28-52-108)109-53-29-9-30-54-109)98-75-85-116(86-76-98)130(110-55-31-10-32-56-110,111-57-33-11-34-58-111)112-59-35-12-36-60-112/h1-90H. The molecule has 0 saturated carbocycles. The highest BCUT2D eigenvalue weighted by atomic mass is 28.3. The van der Waals surface area contributed by atoms with E-state index in [1.807, 2.05) is 24.3 Å². The van der Waals surface area contributed by atoms with E-state index < -0.39 is 32.3 Å². The monoisotopic (exact) mass is 1730 g/mol. The molecule has 2 nitrogen and oxygen atoms in total. The van der Waals surface area contributed by atoms with Crippen molar-refractivity contribution in [3.05, 3.63) is 558 Å². The summed E-state index contributed by atoms with van der Waals surface area (Å²) in [6.45, 7) is 0. The number of nitrogens with zero attached hydrogens (tertiary/aromatic N) is 2. The molecule has 0 saturated heterocycles. The maximum absolute atomic E-state index is 15.8. The molecule has 0 heterocycles. The number of anilines is 6. The van der Waals surface area contributed by atoms with E-state index in [4.69, 9.17) is 0 Å². The molecule has 21 rings (SSSR count). The lowest BCUT2D eigenvalue weighted by atomic mass is 9.84. The van der Waals surface area contributed by atoms with Gasteiger partial charge in [-0.1, -0.05) is 449 Å². The van der Waals surface area contributed by atoms with Gasteiger partial charge in [0, 0.05) is 34.1 Å². The summed E-state index contributed by atoms with van der Waals surface area (Å²) in [4.78, 5) is 4.87. The lowest BCUT2D eigenvalue weighted by Crippen LogP contribution is -2.74. The minimum atomic E-state index is -3.02. The normalized spacial score (nSPS) is 11.8. The van der Waals surface area contributed by atoms with E-state index >= 15 is 8.78 Å². The summed E-state index contributed by atoms with van der Waals surface area (Å²) < 4.78 is 31.6. The highest BCUT2D eigenvalue weighted by Gasteiger charge is 2.46. The van der Waals surface area contributed by atoms with Gasteiger partial charge >= 0.3 is 0 Å². The Balaban J connectivity index is 0.829. The Morgan fingerprint density at radius 1 is 0.131 bits per heavy atom. The quantitative estimate of drug-likeness (QED) is 0.0338. The van der Waals surface area contributed by atoms with Crippen LogP contribution in [0, 0.1) is 11.6 Å². The van der Waals surface area contributed by atoms with Gasteiger partial charge in [-0.3, -0.25) is 0 Å². The first-order valence-corrected chi connectivity index (χ1v) is 52.6. The van der Waals surface area contributed by atoms with Gasteiger partial charge < -0.3 is 9.80 Å². The van der Waals surface area contributed by atoms with E-state index in [1.54, 1.807) is 24.3 Å². The van der Waals surface area contributed by atoms with Gasteiger partial charge in [-0.25, -0.2) is 8.78 Å². The Kier molecular flexibility index (Phi) is 22.4. The van der Waals surface area contributed by atoms with Crippen LogP contribution in [0.5, 0.6) is 0 Å². The zero-order valence-electron chi connectivity index (χ0n) is 71.6. The fraction of sp³-hybridized carbons (Fsp3) is 0. The average molecular weight is 1730 g/mol. The Hall–Kier alpha value is -15.5. The van der Waals surface area contributed by atoms with Gasteiger partial charge in [-0.2, -0.15) is 0 Å². The van der Waals surface area contributed by atoms with Gasteiger partial charge in [0.2, 0.25) is 0 Å². The predicted octanol–water partition coefficient (Wildman–Crippen LogP) is 20.1. The van der Waals surface area contributed by atoms with Crippen LogP contribution < -0.4 is 92.8 Å². The molecule has 0 unspecified atom stereocenters. The number of hydrogen-bond acceptors (Lipinski definition) is 2. The summed E-state index contributed by atoms with van der Waals surface area (Å²) in [5, 5.41) is 24.3. The number of rotatable bonds is 24. The average Bonchev–Trinajstić information content (AvgIpc) is 0.675. The molecular weight excluding hydrogens is 1640 g/mol. The lowest BCUT2D eigenvalue weighted by Gasteiger charge is -2.35. The minimum absolute atomic E-state index is 0.341. The Morgan fingerprint density at radius 2 is 0.277 bits per heavy atom. The van der Waals surface area contributed by atoms with E-state index in [2.05, 4.69) is 507 Å². The van der Waals surface area contributed by atoms with Gasteiger partial charge in [0.05, 0.1) is 0 Å². The van der Waals surface area contributed by atoms with Crippen LogP contribution in [0.25, 0.3) is 43.8 Å². The molecule has 0 N–H and O–H groups in total. The number of hydrogen-bond donors (Lipinski definition) is 0. The highest BCUT2D eigenvalue weighted by molar-refractivity contribution is 7.22. The number of halogens is 2. The van der Waals surface area contributed by atoms with Crippen LogP contribution in [0.3, 0.4) is 0 Å². The molecule has 618 valence electrons. The Bertz CT molecular complexity index is 6260. The molecule has 0 fully saturated rings. The molecule has 0 aromatic heterocycles. The second-order valence-electron chi connectivity index (χ2n) is 33.5. The second-order valence-corrected chi connectivity index (χ2v) is 48.7. The fourth-order valence-electron chi connectivity index (χ4n) is 20.9. The molecule has 0 aliphatic rings. The molecule has 0 amide bonds. The Labute approximate surface area is 763 Å². The first-order chi connectivity index (χ1) is 64.3. The van der Waals surface area contributed by atoms with Crippen molar-refractivity contribution in [2.24, 2.45) is 0 Å². The van der Waals surface area contributed by atoms with Crippen molar-refractivity contribution in [3.8, 4) is 22.3 Å². The largest absolute Gasteiger partial charge is 0.310 e. The fourth-order valence-corrected chi connectivity index (χ4v) is 39.9. The van der Waals surface area contributed by atoms with Gasteiger partial charge in [-0.05, 0) is 224 Å². The van der Waals surface area contributed by atoms with E-state index in [-0.39, 0.29) is 11.6 Å². The molecule has 0 radical (unpaired) electrons. The summed E-state index contributed by atoms with van der Waals surface area (Å²) in [6.07, 6.45) is 0. The van der Waals surface area contributed by atoms with Crippen molar-refractivity contribution < 1.29 is 8.78 Å². The summed E-state index contributed by atoms with van der Waals surface area (Å²) in [5.74, 6) is -0.682. The highest BCUT2D eigenvalue weighted by Crippen LogP contribution is 2.49. The van der Waals surface area contributed by atoms with E-state index in [0.29, 0.717) is 0 Å². The van der Waals surface area contributed by atoms with Gasteiger partial charge in [0.1, 0.15) is 11.6 Å². The van der Waals surface area contributed by atoms with Gasteiger partial charge in [-0.15, -0.1) is 0 Å². The van der Waals surface area contributed by atoms with Crippen molar-refractivity contribution in [2.75, 3.05) is 9.80 Å². The number of fused-ring (bicyclic) bond motifs is 3. The second kappa shape index (κ2) is 35.7. The van der Waals surface area contributed by atoms with Crippen LogP contribution in [-0.2, 0) is 0 Å². The summed E-state index contributed by atoms with van der Waals surface area (Å²) in [7, 11) is -12.1. The Morgan fingerprint density at radius 3 is 0.438 bits per heavy atom. The van der Waals surface area contributed by atoms with Gasteiger partial charge in [0.25, 0.3) is 0 Å². The molecule has 21 aromatic rings. The van der Waals surface area contributed by atoms with Crippen LogP contribution in [0.1, 0.15) is 0 Å². The van der Waals surface area contributed by atoms with Crippen LogP contribution in [0.15, 0.2) is 546 Å². The maximum Gasteiger partial charge on any atom is 0.179 e. The van der Waals surface area contributed by atoms with Crippen LogP contribution in [0.2, 0.25) is 0 Å². The molecule has 0 spiro atoms. The van der Waals surface area contributed by atoms with Crippen molar-refractivity contribution in [1.29, 1.82) is 0 Å². The van der Waals surface area contributed by atoms with Crippen molar-refractivity contribution in [1.82, 2.24) is 0 Å². The van der Waals surface area contributed by atoms with Crippen LogP contribution in [0.4, 0.5) is 42.9 Å². The SMILES string of the molecule is Fc1ccc(-c2c(-c3ccc(F)cc3)c3ccc(N(c4ccc([Si](c5ccccc5)(c5ccccc5)c5ccccc5)cc4)c4ccc([Si](c5ccccc5)(c5ccccc5)c5ccccc5)cc4)cc3c3cc(N(c4ccc([Si](c5ccccc5)(c5ccccc5)c5ccccc5)cc4)c4ccc([Si](c5ccccc5)(c5ccccc5)c5ccccc5)cc4)ccc23)cc1. The first kappa shape index (κ1) is 81.5. The number of benzene rings is 21. The molecule has 0 aliphatic heterocycles. The summed E-state index contributed by atoms with van der Waals surface area (Å²) in [5.41, 5.74) is 9.14. The molecule has 8 heteroatoms. The molecule has 21 aromatic carbocycles. The first-order valence-electron chi connectivity index (χ1n) is 44.6. The molecule has 0 aliphatic carbocycles. The van der Waals surface area contributed by atoms with E-state index in [1.165, 1.54) is 83.0 Å². The topological polar surface area (TPSA) is 6.48 Å². The van der Waals surface area contributed by atoms with E-state index in [9.17, 15) is 0 Å².